The third kappa shape index (κ3) is 5.59. The van der Waals surface area contributed by atoms with Crippen molar-refractivity contribution in [3.8, 4) is 5.69 Å². The van der Waals surface area contributed by atoms with E-state index in [1.54, 1.807) is 6.07 Å². The SMILES string of the molecule is Cc1cccc(C)c1-n1nnnc1[C@@H](c1ccc(Cl)cc1Cl)N(Cc1ccccc1)Cc1ccccc1. The Balaban J connectivity index is 1.71. The number of rotatable bonds is 8. The number of halogens is 2. The van der Waals surface area contributed by atoms with E-state index in [1.807, 2.05) is 35.0 Å². The molecule has 0 fully saturated rings. The van der Waals surface area contributed by atoms with Gasteiger partial charge in [-0.15, -0.1) is 5.10 Å². The van der Waals surface area contributed by atoms with Gasteiger partial charge in [-0.3, -0.25) is 4.90 Å². The van der Waals surface area contributed by atoms with Gasteiger partial charge >= 0.3 is 0 Å². The summed E-state index contributed by atoms with van der Waals surface area (Å²) in [6.07, 6.45) is 0. The van der Waals surface area contributed by atoms with E-state index in [4.69, 9.17) is 23.2 Å². The first kappa shape index (κ1) is 25.2. The number of aromatic nitrogens is 4. The Labute approximate surface area is 227 Å². The zero-order valence-corrected chi connectivity index (χ0v) is 22.2. The molecular formula is C30H27Cl2N5. The fourth-order valence-electron chi connectivity index (χ4n) is 4.76. The summed E-state index contributed by atoms with van der Waals surface area (Å²) >= 11 is 13.2. The molecule has 1 atom stereocenters. The van der Waals surface area contributed by atoms with Crippen LogP contribution >= 0.6 is 23.2 Å². The van der Waals surface area contributed by atoms with Crippen LogP contribution in [0.5, 0.6) is 0 Å². The lowest BCUT2D eigenvalue weighted by Gasteiger charge is -2.32. The van der Waals surface area contributed by atoms with E-state index in [9.17, 15) is 0 Å². The van der Waals surface area contributed by atoms with Crippen LogP contribution in [-0.4, -0.2) is 25.1 Å². The smallest absolute Gasteiger partial charge is 0.178 e. The normalized spacial score (nSPS) is 12.1. The van der Waals surface area contributed by atoms with Crippen molar-refractivity contribution >= 4 is 23.2 Å². The summed E-state index contributed by atoms with van der Waals surface area (Å²) in [4.78, 5) is 2.36. The second-order valence-electron chi connectivity index (χ2n) is 9.13. The van der Waals surface area contributed by atoms with Crippen LogP contribution in [0.25, 0.3) is 5.69 Å². The molecule has 0 saturated carbocycles. The standard InChI is InChI=1S/C30H27Cl2N5/c1-21-10-9-11-22(2)28(21)37-30(33-34-35-37)29(26-17-16-25(31)18-27(26)32)36(19-23-12-5-3-6-13-23)20-24-14-7-4-8-15-24/h3-18,29H,19-20H2,1-2H3/t29-/m1/s1. The van der Waals surface area contributed by atoms with Crippen molar-refractivity contribution in [2.45, 2.75) is 33.0 Å². The van der Waals surface area contributed by atoms with Gasteiger partial charge in [0.1, 0.15) is 0 Å². The Morgan fingerprint density at radius 2 is 1.35 bits per heavy atom. The molecular weight excluding hydrogens is 501 g/mol. The molecule has 0 aliphatic rings. The van der Waals surface area contributed by atoms with Crippen LogP contribution in [0.1, 0.15) is 39.7 Å². The number of benzene rings is 4. The van der Waals surface area contributed by atoms with E-state index in [-0.39, 0.29) is 6.04 Å². The van der Waals surface area contributed by atoms with Crippen molar-refractivity contribution in [1.82, 2.24) is 25.1 Å². The van der Waals surface area contributed by atoms with Gasteiger partial charge in [0, 0.05) is 23.1 Å². The van der Waals surface area contributed by atoms with E-state index in [1.165, 1.54) is 11.1 Å². The minimum atomic E-state index is -0.348. The minimum Gasteiger partial charge on any atom is -0.281 e. The molecule has 0 bridgehead atoms. The number of tetrazole rings is 1. The van der Waals surface area contributed by atoms with Gasteiger partial charge in [-0.05, 0) is 64.2 Å². The Morgan fingerprint density at radius 3 is 1.92 bits per heavy atom. The van der Waals surface area contributed by atoms with Crippen molar-refractivity contribution in [2.24, 2.45) is 0 Å². The van der Waals surface area contributed by atoms with Gasteiger partial charge in [-0.2, -0.15) is 4.68 Å². The number of hydrogen-bond acceptors (Lipinski definition) is 4. The third-order valence-corrected chi connectivity index (χ3v) is 7.03. The third-order valence-electron chi connectivity index (χ3n) is 6.47. The molecule has 5 rings (SSSR count). The van der Waals surface area contributed by atoms with Crippen molar-refractivity contribution in [2.75, 3.05) is 0 Å². The molecule has 0 saturated heterocycles. The van der Waals surface area contributed by atoms with Gasteiger partial charge in [0.15, 0.2) is 5.82 Å². The first-order valence-electron chi connectivity index (χ1n) is 12.1. The summed E-state index contributed by atoms with van der Waals surface area (Å²) in [5.41, 5.74) is 6.40. The van der Waals surface area contributed by atoms with Gasteiger partial charge in [0.25, 0.3) is 0 Å². The van der Waals surface area contributed by atoms with Crippen LogP contribution in [0.4, 0.5) is 0 Å². The Kier molecular flexibility index (Phi) is 7.65. The summed E-state index contributed by atoms with van der Waals surface area (Å²) in [7, 11) is 0. The van der Waals surface area contributed by atoms with Crippen LogP contribution in [0.2, 0.25) is 10.0 Å². The molecule has 7 heteroatoms. The predicted molar refractivity (Wildman–Crippen MR) is 149 cm³/mol. The highest BCUT2D eigenvalue weighted by Crippen LogP contribution is 2.37. The van der Waals surface area contributed by atoms with Crippen LogP contribution < -0.4 is 0 Å². The van der Waals surface area contributed by atoms with Crippen molar-refractivity contribution in [1.29, 1.82) is 0 Å². The molecule has 1 aromatic heterocycles. The average Bonchev–Trinajstić information content (AvgIpc) is 3.35. The lowest BCUT2D eigenvalue weighted by Crippen LogP contribution is -2.31. The maximum Gasteiger partial charge on any atom is 0.178 e. The summed E-state index contributed by atoms with van der Waals surface area (Å²) in [6.45, 7) is 5.48. The predicted octanol–water partition coefficient (Wildman–Crippen LogP) is 7.38. The van der Waals surface area contributed by atoms with Crippen LogP contribution in [0.15, 0.2) is 97.1 Å². The van der Waals surface area contributed by atoms with E-state index < -0.39 is 0 Å². The summed E-state index contributed by atoms with van der Waals surface area (Å²) in [6, 6.07) is 32.3. The monoisotopic (exact) mass is 527 g/mol. The highest BCUT2D eigenvalue weighted by atomic mass is 35.5. The second-order valence-corrected chi connectivity index (χ2v) is 9.98. The van der Waals surface area contributed by atoms with E-state index in [0.717, 1.165) is 22.4 Å². The number of hydrogen-bond donors (Lipinski definition) is 0. The highest BCUT2D eigenvalue weighted by Gasteiger charge is 2.31. The summed E-state index contributed by atoms with van der Waals surface area (Å²) in [5.74, 6) is 0.688. The van der Waals surface area contributed by atoms with Gasteiger partial charge < -0.3 is 0 Å². The molecule has 0 amide bonds. The zero-order chi connectivity index (χ0) is 25.8. The Hall–Kier alpha value is -3.51. The lowest BCUT2D eigenvalue weighted by atomic mass is 10.0. The van der Waals surface area contributed by atoms with Gasteiger partial charge in [-0.1, -0.05) is 108 Å². The molecule has 37 heavy (non-hydrogen) atoms. The van der Waals surface area contributed by atoms with Crippen molar-refractivity contribution < 1.29 is 0 Å². The van der Waals surface area contributed by atoms with E-state index in [2.05, 4.69) is 94.9 Å². The molecule has 0 N–H and O–H groups in total. The number of nitrogens with zero attached hydrogens (tertiary/aromatic N) is 5. The minimum absolute atomic E-state index is 0.348. The Bertz CT molecular complexity index is 1420. The van der Waals surface area contributed by atoms with E-state index in [0.29, 0.717) is 29.0 Å². The zero-order valence-electron chi connectivity index (χ0n) is 20.7. The molecule has 5 nitrogen and oxygen atoms in total. The number of para-hydroxylation sites is 1. The second kappa shape index (κ2) is 11.3. The van der Waals surface area contributed by atoms with Gasteiger partial charge in [0.2, 0.25) is 0 Å². The molecule has 1 heterocycles. The fraction of sp³-hybridized carbons (Fsp3) is 0.167. The van der Waals surface area contributed by atoms with Crippen LogP contribution in [0.3, 0.4) is 0 Å². The van der Waals surface area contributed by atoms with E-state index >= 15 is 0 Å². The molecule has 0 radical (unpaired) electrons. The average molecular weight is 528 g/mol. The molecule has 5 aromatic rings. The topological polar surface area (TPSA) is 46.8 Å². The molecule has 186 valence electrons. The summed E-state index contributed by atoms with van der Waals surface area (Å²) < 4.78 is 1.85. The van der Waals surface area contributed by atoms with Crippen LogP contribution in [-0.2, 0) is 13.1 Å². The van der Waals surface area contributed by atoms with Crippen molar-refractivity contribution in [3.05, 3.63) is 141 Å². The van der Waals surface area contributed by atoms with Crippen LogP contribution in [0, 0.1) is 13.8 Å². The summed E-state index contributed by atoms with van der Waals surface area (Å²) in [5, 5.41) is 14.3. The van der Waals surface area contributed by atoms with Crippen molar-refractivity contribution in [3.63, 3.8) is 0 Å². The quantitative estimate of drug-likeness (QED) is 0.211. The van der Waals surface area contributed by atoms with Gasteiger partial charge in [0.05, 0.1) is 11.7 Å². The first-order valence-corrected chi connectivity index (χ1v) is 12.9. The highest BCUT2D eigenvalue weighted by molar-refractivity contribution is 6.35. The molecule has 0 aliphatic heterocycles. The molecule has 4 aromatic carbocycles. The molecule has 0 unspecified atom stereocenters. The fourth-order valence-corrected chi connectivity index (χ4v) is 5.27. The lowest BCUT2D eigenvalue weighted by molar-refractivity contribution is 0.197. The number of aryl methyl sites for hydroxylation is 2. The largest absolute Gasteiger partial charge is 0.281 e. The van der Waals surface area contributed by atoms with Gasteiger partial charge in [-0.25, -0.2) is 0 Å². The maximum absolute atomic E-state index is 6.86. The molecule has 0 aliphatic carbocycles. The molecule has 0 spiro atoms. The first-order chi connectivity index (χ1) is 18.0. The Morgan fingerprint density at radius 1 is 0.757 bits per heavy atom. The maximum atomic E-state index is 6.86.